The number of para-hydroxylation sites is 1. The minimum Gasteiger partial charge on any atom is -0.370 e. The lowest BCUT2D eigenvalue weighted by Gasteiger charge is -2.16. The van der Waals surface area contributed by atoms with E-state index in [-0.39, 0.29) is 24.3 Å². The van der Waals surface area contributed by atoms with Crippen LogP contribution in [0.2, 0.25) is 0 Å². The number of hydrogen-bond donors (Lipinski definition) is 3. The van der Waals surface area contributed by atoms with Crippen LogP contribution in [0.3, 0.4) is 0 Å². The number of hydrogen-bond acceptors (Lipinski definition) is 1. The minimum absolute atomic E-state index is 0. The van der Waals surface area contributed by atoms with Gasteiger partial charge in [-0.3, -0.25) is 5.41 Å². The number of anilines is 1. The van der Waals surface area contributed by atoms with E-state index in [1.165, 1.54) is 0 Å². The van der Waals surface area contributed by atoms with Crippen LogP contribution in [0.15, 0.2) is 35.3 Å². The molecule has 0 spiro atoms. The Morgan fingerprint density at radius 1 is 1.27 bits per heavy atom. The van der Waals surface area contributed by atoms with Gasteiger partial charge in [0.2, 0.25) is 5.96 Å². The summed E-state index contributed by atoms with van der Waals surface area (Å²) in [7, 11) is 1.73. The average Bonchev–Trinajstić information content (AvgIpc) is 2.17. The summed E-state index contributed by atoms with van der Waals surface area (Å²) in [6.45, 7) is 0. The van der Waals surface area contributed by atoms with Crippen LogP contribution >= 0.6 is 12.4 Å². The van der Waals surface area contributed by atoms with Crippen molar-refractivity contribution in [1.82, 2.24) is 0 Å². The summed E-state index contributed by atoms with van der Waals surface area (Å²) >= 11 is 0. The number of aliphatic imine (C=N–C) groups is 1. The van der Waals surface area contributed by atoms with E-state index in [2.05, 4.69) is 4.99 Å². The van der Waals surface area contributed by atoms with Gasteiger partial charge in [0.05, 0.1) is 0 Å². The molecule has 5 N–H and O–H groups in total. The van der Waals surface area contributed by atoms with Crippen LogP contribution in [0, 0.1) is 5.41 Å². The molecule has 0 aliphatic carbocycles. The Balaban J connectivity index is 0.00000196. The molecule has 0 saturated heterocycles. The molecule has 1 rings (SSSR count). The Morgan fingerprint density at radius 3 is 2.27 bits per heavy atom. The van der Waals surface area contributed by atoms with Crippen molar-refractivity contribution in [2.75, 3.05) is 11.9 Å². The second kappa shape index (κ2) is 5.87. The summed E-state index contributed by atoms with van der Waals surface area (Å²) in [4.78, 5) is 5.22. The maximum Gasteiger partial charge on any atom is 0.225 e. The molecule has 6 heteroatoms. The van der Waals surface area contributed by atoms with Gasteiger partial charge >= 0.3 is 0 Å². The number of nitrogens with zero attached hydrogens (tertiary/aromatic N) is 2. The molecule has 0 aliphatic rings. The fraction of sp³-hybridized carbons (Fsp3) is 0.111. The first-order valence-corrected chi connectivity index (χ1v) is 4.08. The second-order valence-corrected chi connectivity index (χ2v) is 2.75. The van der Waals surface area contributed by atoms with Crippen LogP contribution in [0.25, 0.3) is 0 Å². The molecule has 0 saturated carbocycles. The van der Waals surface area contributed by atoms with E-state index in [9.17, 15) is 0 Å². The highest BCUT2D eigenvalue weighted by Crippen LogP contribution is 2.10. The summed E-state index contributed by atoms with van der Waals surface area (Å²) < 4.78 is 0. The zero-order valence-corrected chi connectivity index (χ0v) is 9.16. The molecule has 0 unspecified atom stereocenters. The van der Waals surface area contributed by atoms with Gasteiger partial charge in [0.15, 0.2) is 5.96 Å². The van der Waals surface area contributed by atoms with Gasteiger partial charge in [0, 0.05) is 12.7 Å². The van der Waals surface area contributed by atoms with Gasteiger partial charge in [0.25, 0.3) is 0 Å². The fourth-order valence-corrected chi connectivity index (χ4v) is 0.971. The third kappa shape index (κ3) is 3.86. The summed E-state index contributed by atoms with van der Waals surface area (Å²) in [5.74, 6) is -0.103. The number of benzene rings is 1. The number of nitrogens with two attached hydrogens (primary N) is 2. The summed E-state index contributed by atoms with van der Waals surface area (Å²) in [6.07, 6.45) is 0. The predicted octanol–water partition coefficient (Wildman–Crippen LogP) is 0.753. The lowest BCUT2D eigenvalue weighted by atomic mass is 10.3. The molecule has 5 nitrogen and oxygen atoms in total. The summed E-state index contributed by atoms with van der Waals surface area (Å²) in [5.41, 5.74) is 11.2. The molecule has 0 amide bonds. The van der Waals surface area contributed by atoms with Crippen LogP contribution in [0.5, 0.6) is 0 Å². The van der Waals surface area contributed by atoms with Crippen LogP contribution < -0.4 is 16.4 Å². The summed E-state index contributed by atoms with van der Waals surface area (Å²) in [5, 5.41) is 7.54. The van der Waals surface area contributed by atoms with Crippen molar-refractivity contribution in [1.29, 1.82) is 5.41 Å². The van der Waals surface area contributed by atoms with Gasteiger partial charge in [-0.25, -0.2) is 0 Å². The van der Waals surface area contributed by atoms with Crippen LogP contribution in [-0.4, -0.2) is 19.0 Å². The zero-order valence-electron chi connectivity index (χ0n) is 8.34. The van der Waals surface area contributed by atoms with Crippen LogP contribution in [-0.2, 0) is 0 Å². The van der Waals surface area contributed by atoms with Gasteiger partial charge in [-0.2, -0.15) is 4.99 Å². The maximum atomic E-state index is 7.54. The molecule has 0 aliphatic heterocycles. The quantitative estimate of drug-likeness (QED) is 0.489. The standard InChI is InChI=1S/C9H13N5.ClH/c1-14(9(12)13-8(10)11)7-5-3-2-4-6-7;/h2-6H,1H3,(H5,10,11,12,13);1H. The smallest absolute Gasteiger partial charge is 0.225 e. The van der Waals surface area contributed by atoms with Gasteiger partial charge in [-0.1, -0.05) is 18.2 Å². The van der Waals surface area contributed by atoms with Crippen molar-refractivity contribution in [3.8, 4) is 0 Å². The molecule has 0 fully saturated rings. The molecular weight excluding hydrogens is 214 g/mol. The summed E-state index contributed by atoms with van der Waals surface area (Å²) in [6, 6.07) is 9.41. The van der Waals surface area contributed by atoms with E-state index in [0.29, 0.717) is 0 Å². The highest BCUT2D eigenvalue weighted by atomic mass is 35.5. The maximum absolute atomic E-state index is 7.54. The topological polar surface area (TPSA) is 91.5 Å². The Hall–Kier alpha value is -1.75. The molecule has 0 aromatic heterocycles. The second-order valence-electron chi connectivity index (χ2n) is 2.75. The van der Waals surface area contributed by atoms with E-state index in [1.54, 1.807) is 11.9 Å². The molecule has 0 atom stereocenters. The van der Waals surface area contributed by atoms with Crippen LogP contribution in [0.4, 0.5) is 5.69 Å². The van der Waals surface area contributed by atoms with Gasteiger partial charge in [-0.15, -0.1) is 12.4 Å². The molecular formula is C9H14ClN5. The predicted molar refractivity (Wildman–Crippen MR) is 65.6 cm³/mol. The van der Waals surface area contributed by atoms with Gasteiger partial charge in [-0.05, 0) is 12.1 Å². The molecule has 1 aromatic carbocycles. The molecule has 15 heavy (non-hydrogen) atoms. The Kier molecular flexibility index (Phi) is 5.19. The molecule has 0 heterocycles. The van der Waals surface area contributed by atoms with Crippen molar-refractivity contribution in [3.63, 3.8) is 0 Å². The first-order chi connectivity index (χ1) is 6.61. The first kappa shape index (κ1) is 13.2. The zero-order chi connectivity index (χ0) is 10.6. The highest BCUT2D eigenvalue weighted by Gasteiger charge is 2.04. The largest absolute Gasteiger partial charge is 0.370 e. The molecule has 0 radical (unpaired) electrons. The lowest BCUT2D eigenvalue weighted by molar-refractivity contribution is 1.19. The Morgan fingerprint density at radius 2 is 1.80 bits per heavy atom. The number of rotatable bonds is 1. The third-order valence-electron chi connectivity index (χ3n) is 1.70. The van der Waals surface area contributed by atoms with Crippen molar-refractivity contribution in [3.05, 3.63) is 30.3 Å². The van der Waals surface area contributed by atoms with E-state index in [1.807, 2.05) is 30.3 Å². The van der Waals surface area contributed by atoms with E-state index >= 15 is 0 Å². The van der Waals surface area contributed by atoms with E-state index < -0.39 is 0 Å². The fourth-order valence-electron chi connectivity index (χ4n) is 0.971. The Labute approximate surface area is 94.7 Å². The number of halogens is 1. The number of nitrogens with one attached hydrogen (secondary N) is 1. The van der Waals surface area contributed by atoms with Gasteiger partial charge < -0.3 is 16.4 Å². The number of guanidine groups is 2. The van der Waals surface area contributed by atoms with E-state index in [4.69, 9.17) is 16.9 Å². The van der Waals surface area contributed by atoms with Crippen molar-refractivity contribution in [2.45, 2.75) is 0 Å². The van der Waals surface area contributed by atoms with E-state index in [0.717, 1.165) is 5.69 Å². The SMILES string of the molecule is CN(C(=N)N=C(N)N)c1ccccc1.Cl. The molecule has 0 bridgehead atoms. The van der Waals surface area contributed by atoms with Crippen molar-refractivity contribution in [2.24, 2.45) is 16.5 Å². The van der Waals surface area contributed by atoms with Crippen LogP contribution in [0.1, 0.15) is 0 Å². The average molecular weight is 228 g/mol. The normalized spacial score (nSPS) is 8.60. The van der Waals surface area contributed by atoms with Crippen molar-refractivity contribution >= 4 is 30.0 Å². The first-order valence-electron chi connectivity index (χ1n) is 4.08. The highest BCUT2D eigenvalue weighted by molar-refractivity contribution is 6.00. The minimum atomic E-state index is -0.113. The molecule has 1 aromatic rings. The van der Waals surface area contributed by atoms with Gasteiger partial charge in [0.1, 0.15) is 0 Å². The monoisotopic (exact) mass is 227 g/mol. The molecule has 82 valence electrons. The third-order valence-corrected chi connectivity index (χ3v) is 1.70. The lowest BCUT2D eigenvalue weighted by Crippen LogP contribution is -2.30. The van der Waals surface area contributed by atoms with Crippen molar-refractivity contribution < 1.29 is 0 Å². The Bertz CT molecular complexity index is 345.